The zero-order chi connectivity index (χ0) is 15.3. The van der Waals surface area contributed by atoms with Gasteiger partial charge in [0.2, 0.25) is 10.0 Å². The lowest BCUT2D eigenvalue weighted by molar-refractivity contribution is 0.233. The minimum atomic E-state index is -3.41. The fraction of sp³-hybridized carbons (Fsp3) is 0.571. The molecule has 1 aliphatic heterocycles. The van der Waals surface area contributed by atoms with Gasteiger partial charge >= 0.3 is 0 Å². The van der Waals surface area contributed by atoms with Crippen molar-refractivity contribution >= 4 is 21.8 Å². The van der Waals surface area contributed by atoms with Gasteiger partial charge in [-0.2, -0.15) is 16.1 Å². The first-order valence-corrected chi connectivity index (χ1v) is 9.48. The van der Waals surface area contributed by atoms with Crippen LogP contribution >= 0.6 is 11.8 Å². The molecular formula is C14H21NO4S2. The first-order valence-electron chi connectivity index (χ1n) is 6.99. The van der Waals surface area contributed by atoms with Gasteiger partial charge in [0.05, 0.1) is 11.5 Å². The quantitative estimate of drug-likeness (QED) is 0.802. The van der Waals surface area contributed by atoms with E-state index in [4.69, 9.17) is 9.84 Å². The van der Waals surface area contributed by atoms with Gasteiger partial charge in [-0.15, -0.1) is 0 Å². The summed E-state index contributed by atoms with van der Waals surface area (Å²) in [4.78, 5) is 0.302. The number of ether oxygens (including phenoxy) is 1. The molecule has 5 nitrogen and oxygen atoms in total. The van der Waals surface area contributed by atoms with Crippen LogP contribution in [0.2, 0.25) is 0 Å². The number of aliphatic hydroxyl groups is 1. The van der Waals surface area contributed by atoms with E-state index in [9.17, 15) is 8.42 Å². The van der Waals surface area contributed by atoms with Gasteiger partial charge in [-0.25, -0.2) is 8.42 Å². The van der Waals surface area contributed by atoms with Crippen molar-refractivity contribution in [1.29, 1.82) is 0 Å². The average molecular weight is 331 g/mol. The molecule has 1 heterocycles. The van der Waals surface area contributed by atoms with Crippen LogP contribution in [0.5, 0.6) is 5.75 Å². The summed E-state index contributed by atoms with van der Waals surface area (Å²) in [6.45, 7) is 3.67. The molecule has 0 radical (unpaired) electrons. The maximum atomic E-state index is 12.5. The highest BCUT2D eigenvalue weighted by molar-refractivity contribution is 8.00. The first-order chi connectivity index (χ1) is 10.0. The van der Waals surface area contributed by atoms with E-state index in [1.54, 1.807) is 40.3 Å². The van der Waals surface area contributed by atoms with Crippen LogP contribution in [0.3, 0.4) is 0 Å². The van der Waals surface area contributed by atoms with Gasteiger partial charge in [0.25, 0.3) is 0 Å². The van der Waals surface area contributed by atoms with Crippen molar-refractivity contribution in [2.45, 2.75) is 23.5 Å². The normalized spacial score (nSPS) is 20.4. The monoisotopic (exact) mass is 331 g/mol. The maximum absolute atomic E-state index is 12.5. The second kappa shape index (κ2) is 7.49. The molecule has 2 rings (SSSR count). The van der Waals surface area contributed by atoms with Gasteiger partial charge < -0.3 is 9.84 Å². The third kappa shape index (κ3) is 4.35. The fourth-order valence-corrected chi connectivity index (χ4v) is 4.87. The predicted molar refractivity (Wildman–Crippen MR) is 84.3 cm³/mol. The SMILES string of the molecule is CC1CN(S(=O)(=O)c2ccc(OCCCO)cc2)CCS1. The van der Waals surface area contributed by atoms with E-state index in [1.807, 2.05) is 6.92 Å². The summed E-state index contributed by atoms with van der Waals surface area (Å²) in [6, 6.07) is 6.48. The lowest BCUT2D eigenvalue weighted by atomic mass is 10.3. The van der Waals surface area contributed by atoms with Crippen LogP contribution in [0.4, 0.5) is 0 Å². The average Bonchev–Trinajstić information content (AvgIpc) is 2.48. The van der Waals surface area contributed by atoms with E-state index < -0.39 is 10.0 Å². The third-order valence-corrected chi connectivity index (χ3v) is 6.25. The number of hydrogen-bond acceptors (Lipinski definition) is 5. The summed E-state index contributed by atoms with van der Waals surface area (Å²) >= 11 is 1.80. The molecule has 0 bridgehead atoms. The second-order valence-electron chi connectivity index (χ2n) is 4.94. The van der Waals surface area contributed by atoms with Gasteiger partial charge in [-0.1, -0.05) is 6.92 Å². The van der Waals surface area contributed by atoms with Crippen molar-refractivity contribution in [3.63, 3.8) is 0 Å². The Kier molecular flexibility index (Phi) is 5.92. The highest BCUT2D eigenvalue weighted by Crippen LogP contribution is 2.25. The summed E-state index contributed by atoms with van der Waals surface area (Å²) in [7, 11) is -3.41. The predicted octanol–water partition coefficient (Wildman–Crippen LogP) is 1.57. The number of aliphatic hydroxyl groups excluding tert-OH is 1. The van der Waals surface area contributed by atoms with Crippen LogP contribution < -0.4 is 4.74 Å². The summed E-state index contributed by atoms with van der Waals surface area (Å²) in [5.41, 5.74) is 0. The van der Waals surface area contributed by atoms with Crippen molar-refractivity contribution in [2.75, 3.05) is 32.1 Å². The molecule has 1 aromatic rings. The number of rotatable bonds is 6. The Morgan fingerprint density at radius 1 is 1.38 bits per heavy atom. The number of thioether (sulfide) groups is 1. The number of sulfonamides is 1. The summed E-state index contributed by atoms with van der Waals surface area (Å²) in [6.07, 6.45) is 0.559. The molecule has 1 N–H and O–H groups in total. The first kappa shape index (κ1) is 16.6. The number of benzene rings is 1. The Hall–Kier alpha value is -0.760. The summed E-state index contributed by atoms with van der Waals surface area (Å²) < 4.78 is 32.1. The lowest BCUT2D eigenvalue weighted by Crippen LogP contribution is -2.40. The molecule has 1 aromatic carbocycles. The van der Waals surface area contributed by atoms with Crippen LogP contribution in [-0.2, 0) is 10.0 Å². The van der Waals surface area contributed by atoms with Gasteiger partial charge in [0.1, 0.15) is 5.75 Å². The van der Waals surface area contributed by atoms with Crippen molar-refractivity contribution in [3.05, 3.63) is 24.3 Å². The molecule has 1 atom stereocenters. The Morgan fingerprint density at radius 2 is 2.10 bits per heavy atom. The van der Waals surface area contributed by atoms with Gasteiger partial charge in [-0.05, 0) is 24.3 Å². The van der Waals surface area contributed by atoms with Crippen molar-refractivity contribution in [3.8, 4) is 5.75 Å². The van der Waals surface area contributed by atoms with E-state index in [2.05, 4.69) is 0 Å². The van der Waals surface area contributed by atoms with Gasteiger partial charge in [0.15, 0.2) is 0 Å². The summed E-state index contributed by atoms with van der Waals surface area (Å²) in [5.74, 6) is 1.45. The maximum Gasteiger partial charge on any atom is 0.243 e. The van der Waals surface area contributed by atoms with Gasteiger partial charge in [0, 0.05) is 37.1 Å². The Balaban J connectivity index is 2.06. The largest absolute Gasteiger partial charge is 0.494 e. The van der Waals surface area contributed by atoms with Crippen LogP contribution in [0.25, 0.3) is 0 Å². The fourth-order valence-electron chi connectivity index (χ4n) is 2.12. The molecule has 1 saturated heterocycles. The molecule has 1 fully saturated rings. The highest BCUT2D eigenvalue weighted by atomic mass is 32.2. The molecule has 0 aliphatic carbocycles. The molecule has 1 unspecified atom stereocenters. The Bertz CT molecular complexity index is 545. The van der Waals surface area contributed by atoms with Crippen molar-refractivity contribution in [1.82, 2.24) is 4.31 Å². The van der Waals surface area contributed by atoms with Crippen LogP contribution in [-0.4, -0.2) is 55.1 Å². The molecule has 0 aromatic heterocycles. The molecule has 0 amide bonds. The van der Waals surface area contributed by atoms with E-state index in [-0.39, 0.29) is 6.61 Å². The van der Waals surface area contributed by atoms with Crippen LogP contribution in [0, 0.1) is 0 Å². The third-order valence-electron chi connectivity index (χ3n) is 3.24. The van der Waals surface area contributed by atoms with E-state index >= 15 is 0 Å². The zero-order valence-electron chi connectivity index (χ0n) is 12.1. The molecule has 21 heavy (non-hydrogen) atoms. The van der Waals surface area contributed by atoms with Gasteiger partial charge in [-0.3, -0.25) is 0 Å². The Morgan fingerprint density at radius 3 is 2.71 bits per heavy atom. The number of nitrogens with zero attached hydrogens (tertiary/aromatic N) is 1. The minimum absolute atomic E-state index is 0.0810. The molecule has 1 aliphatic rings. The summed E-state index contributed by atoms with van der Waals surface area (Å²) in [5, 5.41) is 9.02. The second-order valence-corrected chi connectivity index (χ2v) is 8.43. The van der Waals surface area contributed by atoms with Crippen molar-refractivity contribution in [2.24, 2.45) is 0 Å². The number of hydrogen-bond donors (Lipinski definition) is 1. The van der Waals surface area contributed by atoms with Crippen LogP contribution in [0.1, 0.15) is 13.3 Å². The van der Waals surface area contributed by atoms with E-state index in [0.29, 0.717) is 42.0 Å². The van der Waals surface area contributed by atoms with Crippen molar-refractivity contribution < 1.29 is 18.3 Å². The highest BCUT2D eigenvalue weighted by Gasteiger charge is 2.28. The van der Waals surface area contributed by atoms with E-state index in [0.717, 1.165) is 5.75 Å². The smallest absolute Gasteiger partial charge is 0.243 e. The molecular weight excluding hydrogens is 310 g/mol. The molecule has 118 valence electrons. The van der Waals surface area contributed by atoms with E-state index in [1.165, 1.54) is 0 Å². The van der Waals surface area contributed by atoms with Crippen LogP contribution in [0.15, 0.2) is 29.2 Å². The minimum Gasteiger partial charge on any atom is -0.494 e. The standard InChI is InChI=1S/C14H21NO4S2/c1-12-11-15(7-10-20-12)21(17,18)14-5-3-13(4-6-14)19-9-2-8-16/h3-6,12,16H,2,7-11H2,1H3. The lowest BCUT2D eigenvalue weighted by Gasteiger charge is -2.29. The molecule has 7 heteroatoms. The Labute approximate surface area is 130 Å². The zero-order valence-corrected chi connectivity index (χ0v) is 13.7. The molecule has 0 saturated carbocycles. The topological polar surface area (TPSA) is 66.8 Å². The molecule has 0 spiro atoms.